The van der Waals surface area contributed by atoms with Gasteiger partial charge in [-0.15, -0.1) is 0 Å². The number of benzene rings is 3. The van der Waals surface area contributed by atoms with Crippen LogP contribution in [0.2, 0.25) is 10.0 Å². The summed E-state index contributed by atoms with van der Waals surface area (Å²) in [5.41, 5.74) is 2.51. The van der Waals surface area contributed by atoms with Gasteiger partial charge >= 0.3 is 6.03 Å². The van der Waals surface area contributed by atoms with Crippen LogP contribution in [-0.4, -0.2) is 38.2 Å². The van der Waals surface area contributed by atoms with E-state index in [1.807, 2.05) is 32.0 Å². The first-order valence-electron chi connectivity index (χ1n) is 11.6. The maximum absolute atomic E-state index is 13.1. The number of ether oxygens (including phenoxy) is 3. The molecule has 0 aromatic heterocycles. The minimum absolute atomic E-state index is 0.197. The second-order valence-electron chi connectivity index (χ2n) is 8.43. The number of hydrogen-bond donors (Lipinski definition) is 1. The minimum Gasteiger partial charge on any atom is -0.493 e. The molecule has 0 spiro atoms. The summed E-state index contributed by atoms with van der Waals surface area (Å²) in [5.74, 6) is -0.261. The third kappa shape index (κ3) is 5.93. The molecule has 1 saturated heterocycles. The summed E-state index contributed by atoms with van der Waals surface area (Å²) in [4.78, 5) is 38.9. The van der Waals surface area contributed by atoms with Crippen molar-refractivity contribution in [3.05, 3.63) is 86.9 Å². The lowest BCUT2D eigenvalue weighted by atomic mass is 10.1. The molecule has 3 aromatic carbocycles. The Morgan fingerprint density at radius 1 is 0.895 bits per heavy atom. The number of urea groups is 1. The quantitative estimate of drug-likeness (QED) is 0.216. The van der Waals surface area contributed by atoms with E-state index in [1.165, 1.54) is 43.5 Å². The molecule has 3 aromatic rings. The fraction of sp³-hybridized carbons (Fsp3) is 0.179. The van der Waals surface area contributed by atoms with Crippen LogP contribution in [0.5, 0.6) is 17.2 Å². The first-order chi connectivity index (χ1) is 18.2. The monoisotopic (exact) mass is 554 g/mol. The minimum atomic E-state index is -0.859. The maximum Gasteiger partial charge on any atom is 0.335 e. The molecule has 1 aliphatic rings. The molecule has 0 radical (unpaired) electrons. The van der Waals surface area contributed by atoms with Crippen LogP contribution in [0.15, 0.2) is 60.2 Å². The predicted molar refractivity (Wildman–Crippen MR) is 145 cm³/mol. The molecule has 196 valence electrons. The molecule has 10 heteroatoms. The highest BCUT2D eigenvalue weighted by Gasteiger charge is 2.36. The Labute approximate surface area is 229 Å². The zero-order valence-electron chi connectivity index (χ0n) is 20.8. The largest absolute Gasteiger partial charge is 0.493 e. The molecule has 38 heavy (non-hydrogen) atoms. The normalized spacial score (nSPS) is 14.5. The average molecular weight is 555 g/mol. The number of aryl methyl sites for hydroxylation is 2. The van der Waals surface area contributed by atoms with Gasteiger partial charge in [0.1, 0.15) is 24.5 Å². The lowest BCUT2D eigenvalue weighted by molar-refractivity contribution is -0.122. The molecule has 0 atom stereocenters. The smallest absolute Gasteiger partial charge is 0.335 e. The van der Waals surface area contributed by atoms with Gasteiger partial charge in [-0.25, -0.2) is 9.69 Å². The van der Waals surface area contributed by atoms with Gasteiger partial charge in [-0.2, -0.15) is 0 Å². The van der Waals surface area contributed by atoms with Crippen LogP contribution >= 0.6 is 23.2 Å². The summed E-state index contributed by atoms with van der Waals surface area (Å²) >= 11 is 12.4. The van der Waals surface area contributed by atoms with Crippen molar-refractivity contribution in [2.24, 2.45) is 0 Å². The molecule has 1 N–H and O–H groups in total. The Kier molecular flexibility index (Phi) is 8.24. The van der Waals surface area contributed by atoms with Gasteiger partial charge in [-0.05, 0) is 79.1 Å². The lowest BCUT2D eigenvalue weighted by Gasteiger charge is -2.26. The number of carbonyl (C=O) groups is 3. The van der Waals surface area contributed by atoms with Gasteiger partial charge in [0.05, 0.1) is 17.8 Å². The average Bonchev–Trinajstić information content (AvgIpc) is 2.88. The molecular weight excluding hydrogens is 531 g/mol. The van der Waals surface area contributed by atoms with Gasteiger partial charge < -0.3 is 14.2 Å². The van der Waals surface area contributed by atoms with Crippen molar-refractivity contribution in [1.29, 1.82) is 0 Å². The molecule has 0 unspecified atom stereocenters. The number of hydrogen-bond acceptors (Lipinski definition) is 6. The first-order valence-corrected chi connectivity index (χ1v) is 12.3. The van der Waals surface area contributed by atoms with E-state index in [9.17, 15) is 14.4 Å². The van der Waals surface area contributed by atoms with Crippen LogP contribution in [0, 0.1) is 13.8 Å². The fourth-order valence-electron chi connectivity index (χ4n) is 3.77. The summed E-state index contributed by atoms with van der Waals surface area (Å²) in [6.45, 7) is 4.42. The number of rotatable bonds is 8. The van der Waals surface area contributed by atoms with E-state index in [4.69, 9.17) is 37.4 Å². The van der Waals surface area contributed by atoms with Crippen molar-refractivity contribution in [1.82, 2.24) is 5.32 Å². The highest BCUT2D eigenvalue weighted by Crippen LogP contribution is 2.37. The van der Waals surface area contributed by atoms with Crippen molar-refractivity contribution in [2.45, 2.75) is 13.8 Å². The SMILES string of the molecule is COc1cc(/C=C2\C(=O)NC(=O)N(c3ccc(Cl)cc3)C2=O)cc(Cl)c1OCCOc1cc(C)ccc1C. The molecule has 1 fully saturated rings. The van der Waals surface area contributed by atoms with Gasteiger partial charge in [-0.3, -0.25) is 14.9 Å². The number of anilines is 1. The molecular formula is C28H24Cl2N2O6. The second-order valence-corrected chi connectivity index (χ2v) is 9.28. The molecule has 4 amide bonds. The van der Waals surface area contributed by atoms with E-state index in [1.54, 1.807) is 6.07 Å². The van der Waals surface area contributed by atoms with Crippen LogP contribution < -0.4 is 24.4 Å². The molecule has 0 aliphatic carbocycles. The summed E-state index contributed by atoms with van der Waals surface area (Å²) in [6, 6.07) is 14.3. The number of methoxy groups -OCH3 is 1. The third-order valence-electron chi connectivity index (χ3n) is 5.68. The number of nitrogens with one attached hydrogen (secondary N) is 1. The molecule has 1 aliphatic heterocycles. The lowest BCUT2D eigenvalue weighted by Crippen LogP contribution is -2.54. The Hall–Kier alpha value is -4.01. The van der Waals surface area contributed by atoms with Gasteiger partial charge in [-0.1, -0.05) is 35.3 Å². The number of halogens is 2. The topological polar surface area (TPSA) is 94.2 Å². The molecule has 8 nitrogen and oxygen atoms in total. The van der Waals surface area contributed by atoms with Gasteiger partial charge in [0.2, 0.25) is 0 Å². The highest BCUT2D eigenvalue weighted by atomic mass is 35.5. The van der Waals surface area contributed by atoms with Gasteiger partial charge in [0.25, 0.3) is 11.8 Å². The van der Waals surface area contributed by atoms with Crippen molar-refractivity contribution in [3.8, 4) is 17.2 Å². The summed E-state index contributed by atoms with van der Waals surface area (Å²) < 4.78 is 17.1. The zero-order valence-corrected chi connectivity index (χ0v) is 22.4. The maximum atomic E-state index is 13.1. The van der Waals surface area contributed by atoms with E-state index >= 15 is 0 Å². The van der Waals surface area contributed by atoms with Gasteiger partial charge in [0, 0.05) is 5.02 Å². The summed E-state index contributed by atoms with van der Waals surface area (Å²) in [5, 5.41) is 2.82. The number of imide groups is 2. The standard InChI is InChI=1S/C28H24Cl2N2O6/c1-16-4-5-17(2)23(12-16)37-10-11-38-25-22(30)14-18(15-24(25)36-3)13-21-26(33)31-28(35)32(27(21)34)20-8-6-19(29)7-9-20/h4-9,12-15H,10-11H2,1-3H3,(H,31,33,35)/b21-13+. The van der Waals surface area contributed by atoms with Gasteiger partial charge in [0.15, 0.2) is 11.5 Å². The Morgan fingerprint density at radius 2 is 1.61 bits per heavy atom. The van der Waals surface area contributed by atoms with E-state index in [2.05, 4.69) is 5.32 Å². The summed E-state index contributed by atoms with van der Waals surface area (Å²) in [7, 11) is 1.45. The number of nitrogens with zero attached hydrogens (tertiary/aromatic N) is 1. The number of barbiturate groups is 1. The molecule has 0 saturated carbocycles. The highest BCUT2D eigenvalue weighted by molar-refractivity contribution is 6.39. The van der Waals surface area contributed by atoms with Crippen molar-refractivity contribution in [2.75, 3.05) is 25.2 Å². The van der Waals surface area contributed by atoms with Crippen LogP contribution in [-0.2, 0) is 9.59 Å². The Bertz CT molecular complexity index is 1440. The van der Waals surface area contributed by atoms with Crippen LogP contribution in [0.1, 0.15) is 16.7 Å². The Morgan fingerprint density at radius 3 is 2.32 bits per heavy atom. The van der Waals surface area contributed by atoms with Crippen molar-refractivity contribution >= 4 is 52.8 Å². The van der Waals surface area contributed by atoms with Crippen molar-refractivity contribution < 1.29 is 28.6 Å². The van der Waals surface area contributed by atoms with Crippen LogP contribution in [0.25, 0.3) is 6.08 Å². The van der Waals surface area contributed by atoms with Crippen LogP contribution in [0.3, 0.4) is 0 Å². The van der Waals surface area contributed by atoms with Crippen LogP contribution in [0.4, 0.5) is 10.5 Å². The summed E-state index contributed by atoms with van der Waals surface area (Å²) in [6.07, 6.45) is 1.33. The number of carbonyl (C=O) groups excluding carboxylic acids is 3. The predicted octanol–water partition coefficient (Wildman–Crippen LogP) is 5.74. The molecule has 0 bridgehead atoms. The van der Waals surface area contributed by atoms with E-state index in [-0.39, 0.29) is 29.5 Å². The fourth-order valence-corrected chi connectivity index (χ4v) is 4.17. The van der Waals surface area contributed by atoms with E-state index < -0.39 is 17.8 Å². The Balaban J connectivity index is 1.52. The zero-order chi connectivity index (χ0) is 27.4. The van der Waals surface area contributed by atoms with E-state index in [0.717, 1.165) is 21.8 Å². The van der Waals surface area contributed by atoms with E-state index in [0.29, 0.717) is 22.1 Å². The second kappa shape index (κ2) is 11.6. The molecule has 4 rings (SSSR count). The third-order valence-corrected chi connectivity index (χ3v) is 6.21. The first kappa shape index (κ1) is 27.0. The number of amides is 4. The molecule has 1 heterocycles. The van der Waals surface area contributed by atoms with Crippen molar-refractivity contribution in [3.63, 3.8) is 0 Å².